The van der Waals surface area contributed by atoms with Gasteiger partial charge in [0.2, 0.25) is 0 Å². The quantitative estimate of drug-likeness (QED) is 0.167. The number of fused-ring (bicyclic) bond motifs is 12. The highest BCUT2D eigenvalue weighted by Gasteiger charge is 2.42. The van der Waals surface area contributed by atoms with Crippen LogP contribution in [-0.4, -0.2) is 0 Å². The Hall–Kier alpha value is -6.22. The fraction of sp³-hybridized carbons (Fsp3) is 0.0769. The molecule has 0 atom stereocenters. The van der Waals surface area contributed by atoms with Gasteiger partial charge in [0.25, 0.3) is 0 Å². The van der Waals surface area contributed by atoms with Crippen LogP contribution in [0.5, 0.6) is 0 Å². The molecule has 0 fully saturated rings. The molecule has 2 heterocycles. The maximum atomic E-state index is 6.77. The molecule has 0 aliphatic heterocycles. The maximum absolute atomic E-state index is 6.77. The van der Waals surface area contributed by atoms with Gasteiger partial charge in [-0.25, -0.2) is 0 Å². The van der Waals surface area contributed by atoms with Crippen LogP contribution >= 0.6 is 11.3 Å². The Bertz CT molecular complexity index is 3270. The molecule has 11 rings (SSSR count). The van der Waals surface area contributed by atoms with Crippen LogP contribution in [0.4, 0.5) is 0 Å². The average Bonchev–Trinajstić information content (AvgIpc) is 3.84. The summed E-state index contributed by atoms with van der Waals surface area (Å²) < 4.78 is 9.42. The van der Waals surface area contributed by atoms with Crippen LogP contribution in [0.1, 0.15) is 31.9 Å². The molecule has 0 saturated carbocycles. The van der Waals surface area contributed by atoms with Gasteiger partial charge in [-0.2, -0.15) is 0 Å². The summed E-state index contributed by atoms with van der Waals surface area (Å²) in [5.41, 5.74) is 11.8. The topological polar surface area (TPSA) is 13.1 Å². The van der Waals surface area contributed by atoms with E-state index in [0.717, 1.165) is 27.3 Å². The first-order chi connectivity index (χ1) is 26.5. The van der Waals surface area contributed by atoms with Crippen molar-refractivity contribution in [2.45, 2.75) is 26.2 Å². The van der Waals surface area contributed by atoms with Gasteiger partial charge < -0.3 is 4.42 Å². The number of allylic oxidation sites excluding steroid dienone is 5. The van der Waals surface area contributed by atoms with Gasteiger partial charge in [-0.15, -0.1) is 11.3 Å². The lowest BCUT2D eigenvalue weighted by Crippen LogP contribution is -2.16. The Morgan fingerprint density at radius 3 is 1.85 bits per heavy atom. The molecule has 1 aliphatic carbocycles. The summed E-state index contributed by atoms with van der Waals surface area (Å²) in [5.74, 6) is 0. The monoisotopic (exact) mass is 708 g/mol. The lowest BCUT2D eigenvalue weighted by Gasteiger charge is -2.27. The molecule has 2 aromatic heterocycles. The largest absolute Gasteiger partial charge is 0.455 e. The van der Waals surface area contributed by atoms with Gasteiger partial charge in [0.15, 0.2) is 0 Å². The normalized spacial score (nSPS) is 15.6. The van der Waals surface area contributed by atoms with Crippen molar-refractivity contribution in [2.24, 2.45) is 0 Å². The molecule has 0 amide bonds. The zero-order valence-electron chi connectivity index (χ0n) is 30.5. The molecular formula is C52H36OS. The van der Waals surface area contributed by atoms with Crippen LogP contribution in [0.15, 0.2) is 168 Å². The number of para-hydroxylation sites is 1. The Kier molecular flexibility index (Phi) is 6.61. The summed E-state index contributed by atoms with van der Waals surface area (Å²) in [6, 6.07) is 49.3. The van der Waals surface area contributed by atoms with Crippen molar-refractivity contribution >= 4 is 91.3 Å². The summed E-state index contributed by atoms with van der Waals surface area (Å²) in [6.45, 7) is 11.1. The highest BCUT2D eigenvalue weighted by atomic mass is 32.1. The third-order valence-corrected chi connectivity index (χ3v) is 13.1. The molecule has 0 unspecified atom stereocenters. The zero-order chi connectivity index (χ0) is 36.3. The maximum Gasteiger partial charge on any atom is 0.143 e. The lowest BCUT2D eigenvalue weighted by molar-refractivity contribution is 0.662. The Morgan fingerprint density at radius 2 is 1.15 bits per heavy atom. The number of furan rings is 1. The fourth-order valence-corrected chi connectivity index (χ4v) is 10.8. The Morgan fingerprint density at radius 1 is 0.556 bits per heavy atom. The van der Waals surface area contributed by atoms with E-state index in [1.165, 1.54) is 91.6 Å². The molecule has 0 spiro atoms. The number of thiophene rings is 1. The van der Waals surface area contributed by atoms with Gasteiger partial charge in [0.05, 0.1) is 0 Å². The fourth-order valence-electron chi connectivity index (χ4n) is 9.72. The summed E-state index contributed by atoms with van der Waals surface area (Å²) in [4.78, 5) is 0. The summed E-state index contributed by atoms with van der Waals surface area (Å²) in [7, 11) is 0. The van der Waals surface area contributed by atoms with Gasteiger partial charge in [-0.1, -0.05) is 136 Å². The smallest absolute Gasteiger partial charge is 0.143 e. The van der Waals surface area contributed by atoms with Crippen molar-refractivity contribution in [2.75, 3.05) is 0 Å². The van der Waals surface area contributed by atoms with Crippen molar-refractivity contribution in [1.82, 2.24) is 0 Å². The second-order valence-corrected chi connectivity index (χ2v) is 16.2. The van der Waals surface area contributed by atoms with Gasteiger partial charge in [-0.05, 0) is 115 Å². The van der Waals surface area contributed by atoms with Crippen molar-refractivity contribution in [3.8, 4) is 22.3 Å². The molecular weight excluding hydrogens is 673 g/mol. The van der Waals surface area contributed by atoms with E-state index in [1.807, 2.05) is 17.4 Å². The molecule has 1 nitrogen and oxygen atoms in total. The Balaban J connectivity index is 1.32. The van der Waals surface area contributed by atoms with Crippen LogP contribution in [-0.2, 0) is 5.41 Å². The van der Waals surface area contributed by atoms with E-state index < -0.39 is 0 Å². The minimum Gasteiger partial charge on any atom is -0.455 e. The summed E-state index contributed by atoms with van der Waals surface area (Å²) >= 11 is 1.87. The first kappa shape index (κ1) is 31.3. The van der Waals surface area contributed by atoms with Gasteiger partial charge in [0.1, 0.15) is 11.2 Å². The van der Waals surface area contributed by atoms with Crippen LogP contribution in [0.3, 0.4) is 0 Å². The molecule has 10 aromatic rings. The van der Waals surface area contributed by atoms with Crippen molar-refractivity contribution < 1.29 is 4.42 Å². The summed E-state index contributed by atoms with van der Waals surface area (Å²) in [5, 5.41) is 12.3. The van der Waals surface area contributed by atoms with E-state index in [-0.39, 0.29) is 5.41 Å². The minimum absolute atomic E-state index is 0.288. The number of hydrogen-bond acceptors (Lipinski definition) is 2. The van der Waals surface area contributed by atoms with Gasteiger partial charge in [0, 0.05) is 41.7 Å². The van der Waals surface area contributed by atoms with Crippen LogP contribution < -0.4 is 0 Å². The molecule has 2 heteroatoms. The molecule has 0 radical (unpaired) electrons. The highest BCUT2D eigenvalue weighted by Crippen LogP contribution is 2.58. The van der Waals surface area contributed by atoms with E-state index in [1.54, 1.807) is 0 Å². The van der Waals surface area contributed by atoms with Crippen LogP contribution in [0.2, 0.25) is 0 Å². The van der Waals surface area contributed by atoms with Gasteiger partial charge >= 0.3 is 0 Å². The van der Waals surface area contributed by atoms with Crippen LogP contribution in [0, 0.1) is 0 Å². The number of rotatable bonds is 3. The predicted molar refractivity (Wildman–Crippen MR) is 235 cm³/mol. The van der Waals surface area contributed by atoms with Gasteiger partial charge in [-0.3, -0.25) is 0 Å². The van der Waals surface area contributed by atoms with E-state index in [4.69, 9.17) is 4.42 Å². The molecule has 256 valence electrons. The average molecular weight is 709 g/mol. The number of hydrogen-bond donors (Lipinski definition) is 0. The summed E-state index contributed by atoms with van der Waals surface area (Å²) in [6.07, 6.45) is 6.45. The first-order valence-corrected chi connectivity index (χ1v) is 19.6. The standard InChI is InChI=1S/C52H36OS/c1-5-15-43-31(6-2)49-38-25-26-39-32-16-11-13-22-44(32)53-51(39)41(38)29-42(50(49)52(43,3)4)48-36-20-9-7-18-34(36)47(35-19-8-10-21-37(35)48)30-24-27-46-40(28-30)33-17-12-14-23-45(33)54-46/h5-29H,1H2,2-4H3/b31-6+,43-15?. The van der Waals surface area contributed by atoms with Crippen LogP contribution in [0.25, 0.3) is 102 Å². The molecule has 1 aliphatic rings. The second kappa shape index (κ2) is 11.4. The third kappa shape index (κ3) is 4.15. The molecule has 0 saturated heterocycles. The highest BCUT2D eigenvalue weighted by molar-refractivity contribution is 7.25. The van der Waals surface area contributed by atoms with E-state index in [2.05, 4.69) is 173 Å². The first-order valence-electron chi connectivity index (χ1n) is 18.7. The third-order valence-electron chi connectivity index (χ3n) is 12.0. The van der Waals surface area contributed by atoms with E-state index >= 15 is 0 Å². The molecule has 8 aromatic carbocycles. The van der Waals surface area contributed by atoms with E-state index in [0.29, 0.717) is 0 Å². The SMILES string of the molecule is C=CC=C1/C(=C\C)c2c(c(-c3c4ccccc4c(-c4ccc5sc6ccccc6c5c4)c4ccccc34)cc3c2ccc2c4ccccc4oc32)C1(C)C. The molecule has 0 bridgehead atoms. The zero-order valence-corrected chi connectivity index (χ0v) is 31.3. The van der Waals surface area contributed by atoms with Crippen molar-refractivity contribution in [1.29, 1.82) is 0 Å². The lowest BCUT2D eigenvalue weighted by atomic mass is 9.76. The second-order valence-electron chi connectivity index (χ2n) is 15.1. The predicted octanol–water partition coefficient (Wildman–Crippen LogP) is 15.6. The molecule has 0 N–H and O–H groups in total. The van der Waals surface area contributed by atoms with Crippen molar-refractivity contribution in [3.05, 3.63) is 175 Å². The molecule has 54 heavy (non-hydrogen) atoms. The minimum atomic E-state index is -0.288. The van der Waals surface area contributed by atoms with E-state index in [9.17, 15) is 0 Å². The Labute approximate surface area is 317 Å². The van der Waals surface area contributed by atoms with Crippen molar-refractivity contribution in [3.63, 3.8) is 0 Å². The number of benzene rings is 8.